The molecule has 0 atom stereocenters. The van der Waals surface area contributed by atoms with Crippen LogP contribution in [0.3, 0.4) is 0 Å². The first kappa shape index (κ1) is 16.4. The van der Waals surface area contributed by atoms with Crippen LogP contribution in [0.5, 0.6) is 0 Å². The number of hydrogen-bond acceptors (Lipinski definition) is 4. The van der Waals surface area contributed by atoms with Gasteiger partial charge in [0.15, 0.2) is 5.76 Å². The number of nitrogens with one attached hydrogen (secondary N) is 1. The molecule has 6 heteroatoms. The fourth-order valence-electron chi connectivity index (χ4n) is 2.40. The number of nitro groups is 1. The molecule has 1 heterocycles. The first-order valence-corrected chi connectivity index (χ1v) is 7.67. The fraction of sp³-hybridized carbons (Fsp3) is 0.105. The number of nitrogens with zero attached hydrogens (tertiary/aromatic N) is 1. The zero-order valence-electron chi connectivity index (χ0n) is 13.8. The van der Waals surface area contributed by atoms with Crippen molar-refractivity contribution in [2.75, 3.05) is 5.32 Å². The largest absolute Gasteiger partial charge is 0.451 e. The van der Waals surface area contributed by atoms with E-state index in [-0.39, 0.29) is 11.4 Å². The molecule has 6 nitrogen and oxygen atoms in total. The topological polar surface area (TPSA) is 85.4 Å². The number of benzene rings is 2. The van der Waals surface area contributed by atoms with Gasteiger partial charge in [0.25, 0.3) is 11.6 Å². The van der Waals surface area contributed by atoms with Gasteiger partial charge in [-0.05, 0) is 49.2 Å². The normalized spacial score (nSPS) is 10.5. The second-order valence-electron chi connectivity index (χ2n) is 5.72. The minimum absolute atomic E-state index is 0.0898. The maximum atomic E-state index is 12.3. The number of carbonyl (C=O) groups excluding carboxylic acids is 1. The van der Waals surface area contributed by atoms with E-state index < -0.39 is 10.8 Å². The molecule has 0 spiro atoms. The number of hydrogen-bond donors (Lipinski definition) is 1. The lowest BCUT2D eigenvalue weighted by molar-refractivity contribution is -0.384. The molecular formula is C19H16N2O4. The van der Waals surface area contributed by atoms with Gasteiger partial charge in [0.1, 0.15) is 5.76 Å². The first-order valence-electron chi connectivity index (χ1n) is 7.67. The van der Waals surface area contributed by atoms with Gasteiger partial charge in [-0.3, -0.25) is 14.9 Å². The van der Waals surface area contributed by atoms with E-state index in [9.17, 15) is 14.9 Å². The van der Waals surface area contributed by atoms with Crippen LogP contribution in [0.4, 0.5) is 11.4 Å². The molecule has 0 aliphatic heterocycles. The molecule has 0 bridgehead atoms. The highest BCUT2D eigenvalue weighted by atomic mass is 16.6. The van der Waals surface area contributed by atoms with Crippen molar-refractivity contribution in [1.29, 1.82) is 0 Å². The quantitative estimate of drug-likeness (QED) is 0.551. The van der Waals surface area contributed by atoms with E-state index in [1.165, 1.54) is 23.8 Å². The van der Waals surface area contributed by atoms with E-state index in [0.717, 1.165) is 11.1 Å². The maximum Gasteiger partial charge on any atom is 0.291 e. The Kier molecular flexibility index (Phi) is 4.35. The Bertz CT molecular complexity index is 960. The molecule has 1 amide bonds. The minimum Gasteiger partial charge on any atom is -0.451 e. The molecule has 3 aromatic rings. The standard InChI is InChI=1S/C19H16N2O4/c1-12-6-7-14(10-13(12)2)17-8-9-18(25-17)19(22)20-15-4-3-5-16(11-15)21(23)24/h3-11H,1-2H3,(H,20,22). The van der Waals surface area contributed by atoms with Gasteiger partial charge in [-0.1, -0.05) is 18.2 Å². The summed E-state index contributed by atoms with van der Waals surface area (Å²) in [7, 11) is 0. The lowest BCUT2D eigenvalue weighted by Crippen LogP contribution is -2.10. The monoisotopic (exact) mass is 336 g/mol. The summed E-state index contributed by atoms with van der Waals surface area (Å²) in [4.78, 5) is 22.6. The molecule has 0 fully saturated rings. The summed E-state index contributed by atoms with van der Waals surface area (Å²) in [6.07, 6.45) is 0. The van der Waals surface area contributed by atoms with Crippen molar-refractivity contribution in [2.24, 2.45) is 0 Å². The second-order valence-corrected chi connectivity index (χ2v) is 5.72. The van der Waals surface area contributed by atoms with Gasteiger partial charge in [-0.2, -0.15) is 0 Å². The summed E-state index contributed by atoms with van der Waals surface area (Å²) in [6, 6.07) is 15.0. The van der Waals surface area contributed by atoms with Crippen LogP contribution in [-0.2, 0) is 0 Å². The van der Waals surface area contributed by atoms with Crippen LogP contribution >= 0.6 is 0 Å². The van der Waals surface area contributed by atoms with Gasteiger partial charge in [0.05, 0.1) is 4.92 Å². The van der Waals surface area contributed by atoms with Gasteiger partial charge in [-0.25, -0.2) is 0 Å². The summed E-state index contributed by atoms with van der Waals surface area (Å²) in [5, 5.41) is 13.4. The summed E-state index contributed by atoms with van der Waals surface area (Å²) < 4.78 is 5.63. The van der Waals surface area contributed by atoms with E-state index in [1.807, 2.05) is 32.0 Å². The maximum absolute atomic E-state index is 12.3. The highest BCUT2D eigenvalue weighted by Crippen LogP contribution is 2.25. The number of furan rings is 1. The van der Waals surface area contributed by atoms with Crippen molar-refractivity contribution < 1.29 is 14.1 Å². The Morgan fingerprint density at radius 3 is 2.56 bits per heavy atom. The number of anilines is 1. The third kappa shape index (κ3) is 3.58. The van der Waals surface area contributed by atoms with Crippen LogP contribution < -0.4 is 5.32 Å². The van der Waals surface area contributed by atoms with Crippen molar-refractivity contribution in [3.8, 4) is 11.3 Å². The molecule has 0 aliphatic carbocycles. The molecule has 25 heavy (non-hydrogen) atoms. The molecule has 2 aromatic carbocycles. The van der Waals surface area contributed by atoms with E-state index in [1.54, 1.807) is 18.2 Å². The van der Waals surface area contributed by atoms with Crippen molar-refractivity contribution in [3.05, 3.63) is 81.6 Å². The number of carbonyl (C=O) groups is 1. The number of nitro benzene ring substituents is 1. The van der Waals surface area contributed by atoms with Crippen LogP contribution in [0.2, 0.25) is 0 Å². The molecule has 0 radical (unpaired) electrons. The number of rotatable bonds is 4. The van der Waals surface area contributed by atoms with Crippen molar-refractivity contribution in [1.82, 2.24) is 0 Å². The predicted molar refractivity (Wildman–Crippen MR) is 94.7 cm³/mol. The number of non-ortho nitro benzene ring substituents is 1. The third-order valence-corrected chi connectivity index (χ3v) is 3.94. The zero-order valence-corrected chi connectivity index (χ0v) is 13.8. The summed E-state index contributed by atoms with van der Waals surface area (Å²) >= 11 is 0. The lowest BCUT2D eigenvalue weighted by atomic mass is 10.1. The molecule has 1 aromatic heterocycles. The molecule has 126 valence electrons. The summed E-state index contributed by atoms with van der Waals surface area (Å²) in [5.41, 5.74) is 3.45. The SMILES string of the molecule is Cc1ccc(-c2ccc(C(=O)Nc3cccc([N+](=O)[O-])c3)o2)cc1C. The second kappa shape index (κ2) is 6.60. The van der Waals surface area contributed by atoms with Crippen molar-refractivity contribution in [3.63, 3.8) is 0 Å². The average Bonchev–Trinajstić information content (AvgIpc) is 3.08. The smallest absolute Gasteiger partial charge is 0.291 e. The van der Waals surface area contributed by atoms with Gasteiger partial charge < -0.3 is 9.73 Å². The van der Waals surface area contributed by atoms with E-state index in [4.69, 9.17) is 4.42 Å². The van der Waals surface area contributed by atoms with E-state index >= 15 is 0 Å². The summed E-state index contributed by atoms with van der Waals surface area (Å²) in [6.45, 7) is 4.04. The third-order valence-electron chi connectivity index (χ3n) is 3.94. The molecule has 0 saturated heterocycles. The van der Waals surface area contributed by atoms with E-state index in [0.29, 0.717) is 11.4 Å². The average molecular weight is 336 g/mol. The van der Waals surface area contributed by atoms with Crippen LogP contribution in [-0.4, -0.2) is 10.8 Å². The lowest BCUT2D eigenvalue weighted by Gasteiger charge is -2.04. The fourth-order valence-corrected chi connectivity index (χ4v) is 2.40. The highest BCUT2D eigenvalue weighted by molar-refractivity contribution is 6.02. The Labute approximate surface area is 144 Å². The van der Waals surface area contributed by atoms with Crippen molar-refractivity contribution in [2.45, 2.75) is 13.8 Å². The molecule has 0 aliphatic rings. The van der Waals surface area contributed by atoms with Crippen LogP contribution in [0, 0.1) is 24.0 Å². The Morgan fingerprint density at radius 2 is 1.84 bits per heavy atom. The van der Waals surface area contributed by atoms with Crippen LogP contribution in [0.25, 0.3) is 11.3 Å². The van der Waals surface area contributed by atoms with Crippen LogP contribution in [0.15, 0.2) is 59.0 Å². The zero-order chi connectivity index (χ0) is 18.0. The van der Waals surface area contributed by atoms with Gasteiger partial charge >= 0.3 is 0 Å². The molecule has 1 N–H and O–H groups in total. The first-order chi connectivity index (χ1) is 11.9. The highest BCUT2D eigenvalue weighted by Gasteiger charge is 2.14. The van der Waals surface area contributed by atoms with Gasteiger partial charge in [0, 0.05) is 23.4 Å². The molecular weight excluding hydrogens is 320 g/mol. The molecule has 0 unspecified atom stereocenters. The van der Waals surface area contributed by atoms with Gasteiger partial charge in [-0.15, -0.1) is 0 Å². The van der Waals surface area contributed by atoms with Crippen LogP contribution in [0.1, 0.15) is 21.7 Å². The van der Waals surface area contributed by atoms with E-state index in [2.05, 4.69) is 5.32 Å². The predicted octanol–water partition coefficient (Wildman–Crippen LogP) is 4.72. The summed E-state index contributed by atoms with van der Waals surface area (Å²) in [5.74, 6) is 0.266. The number of aryl methyl sites for hydroxylation is 2. The Balaban J connectivity index is 1.80. The molecule has 3 rings (SSSR count). The van der Waals surface area contributed by atoms with Crippen molar-refractivity contribution >= 4 is 17.3 Å². The Morgan fingerprint density at radius 1 is 1.04 bits per heavy atom. The number of amides is 1. The minimum atomic E-state index is -0.514. The molecule has 0 saturated carbocycles. The van der Waals surface area contributed by atoms with Gasteiger partial charge in [0.2, 0.25) is 0 Å². The Hall–Kier alpha value is -3.41.